The molecule has 0 amide bonds. The molecule has 0 saturated carbocycles. The highest BCUT2D eigenvalue weighted by molar-refractivity contribution is 9.10. The largest absolute Gasteiger partial charge is 0.497 e. The lowest BCUT2D eigenvalue weighted by molar-refractivity contribution is 0.415. The van der Waals surface area contributed by atoms with Gasteiger partial charge in [0.2, 0.25) is 0 Å². The van der Waals surface area contributed by atoms with Crippen LogP contribution in [0, 0.1) is 0 Å². The molecule has 4 rings (SSSR count). The maximum atomic E-state index is 5.69. The lowest BCUT2D eigenvalue weighted by Crippen LogP contribution is -2.29. The van der Waals surface area contributed by atoms with Crippen molar-refractivity contribution in [1.29, 1.82) is 0 Å². The molecule has 0 radical (unpaired) electrons. The third-order valence-electron chi connectivity index (χ3n) is 4.33. The number of hydrogen-bond acceptors (Lipinski definition) is 4. The second kappa shape index (κ2) is 7.34. The zero-order valence-electron chi connectivity index (χ0n) is 13.9. The Morgan fingerprint density at radius 1 is 1.23 bits per heavy atom. The highest BCUT2D eigenvalue weighted by atomic mass is 79.9. The summed E-state index contributed by atoms with van der Waals surface area (Å²) in [6.45, 7) is 0. The van der Waals surface area contributed by atoms with Crippen LogP contribution in [0.5, 0.6) is 5.75 Å². The molecule has 1 fully saturated rings. The van der Waals surface area contributed by atoms with Gasteiger partial charge in [-0.25, -0.2) is 0 Å². The van der Waals surface area contributed by atoms with Gasteiger partial charge in [0.05, 0.1) is 24.9 Å². The normalized spacial score (nSPS) is 19.5. The molecule has 1 aliphatic rings. The fraction of sp³-hybridized carbons (Fsp3) is 0.158. The number of aromatic nitrogens is 1. The Balaban J connectivity index is 1.79. The second-order valence-corrected chi connectivity index (χ2v) is 8.11. The molecule has 1 aromatic carbocycles. The van der Waals surface area contributed by atoms with Crippen LogP contribution in [-0.4, -0.2) is 17.2 Å². The summed E-state index contributed by atoms with van der Waals surface area (Å²) in [4.78, 5) is 7.93. The van der Waals surface area contributed by atoms with E-state index in [0.29, 0.717) is 5.11 Å². The van der Waals surface area contributed by atoms with Crippen molar-refractivity contribution < 1.29 is 4.74 Å². The van der Waals surface area contributed by atoms with Gasteiger partial charge in [-0.3, -0.25) is 4.98 Å². The minimum Gasteiger partial charge on any atom is -0.497 e. The van der Waals surface area contributed by atoms with Gasteiger partial charge in [0.25, 0.3) is 0 Å². The van der Waals surface area contributed by atoms with E-state index in [-0.39, 0.29) is 12.1 Å². The SMILES string of the molecule is COc1ccc(N2C(=S)N[C@H](c3ccccn3)[C@@H]2c2cc(Br)cs2)cc1. The van der Waals surface area contributed by atoms with Gasteiger partial charge in [-0.1, -0.05) is 6.07 Å². The molecule has 1 N–H and O–H groups in total. The van der Waals surface area contributed by atoms with E-state index in [2.05, 4.69) is 42.6 Å². The smallest absolute Gasteiger partial charge is 0.174 e. The zero-order chi connectivity index (χ0) is 18.1. The fourth-order valence-electron chi connectivity index (χ4n) is 3.15. The molecule has 1 saturated heterocycles. The summed E-state index contributed by atoms with van der Waals surface area (Å²) in [5, 5.41) is 6.25. The van der Waals surface area contributed by atoms with Crippen molar-refractivity contribution in [1.82, 2.24) is 10.3 Å². The van der Waals surface area contributed by atoms with Crippen molar-refractivity contribution in [2.24, 2.45) is 0 Å². The molecule has 26 heavy (non-hydrogen) atoms. The maximum Gasteiger partial charge on any atom is 0.174 e. The quantitative estimate of drug-likeness (QED) is 0.565. The topological polar surface area (TPSA) is 37.4 Å². The fourth-order valence-corrected chi connectivity index (χ4v) is 5.07. The molecular weight excluding hydrogens is 430 g/mol. The van der Waals surface area contributed by atoms with Crippen LogP contribution >= 0.6 is 39.5 Å². The van der Waals surface area contributed by atoms with Gasteiger partial charge in [0, 0.05) is 26.6 Å². The van der Waals surface area contributed by atoms with Crippen LogP contribution in [0.1, 0.15) is 22.7 Å². The summed E-state index contributed by atoms with van der Waals surface area (Å²) >= 11 is 11.0. The van der Waals surface area contributed by atoms with Crippen molar-refractivity contribution in [3.63, 3.8) is 0 Å². The van der Waals surface area contributed by atoms with E-state index < -0.39 is 0 Å². The summed E-state index contributed by atoms with van der Waals surface area (Å²) in [5.74, 6) is 0.823. The van der Waals surface area contributed by atoms with Gasteiger partial charge in [-0.05, 0) is 70.6 Å². The van der Waals surface area contributed by atoms with Crippen LogP contribution in [0.15, 0.2) is 64.6 Å². The molecule has 3 heterocycles. The van der Waals surface area contributed by atoms with Crippen molar-refractivity contribution in [2.45, 2.75) is 12.1 Å². The van der Waals surface area contributed by atoms with E-state index in [1.807, 2.05) is 48.7 Å². The number of thiocarbonyl (C=S) groups is 1. The number of nitrogens with one attached hydrogen (secondary N) is 1. The molecule has 2 aromatic heterocycles. The van der Waals surface area contributed by atoms with Crippen LogP contribution in [0.3, 0.4) is 0 Å². The zero-order valence-corrected chi connectivity index (χ0v) is 17.1. The monoisotopic (exact) mass is 445 g/mol. The van der Waals surface area contributed by atoms with Gasteiger partial charge in [-0.2, -0.15) is 0 Å². The first-order valence-electron chi connectivity index (χ1n) is 8.06. The van der Waals surface area contributed by atoms with E-state index in [4.69, 9.17) is 17.0 Å². The average Bonchev–Trinajstić information content (AvgIpc) is 3.25. The first-order valence-corrected chi connectivity index (χ1v) is 10.1. The van der Waals surface area contributed by atoms with Crippen LogP contribution in [0.4, 0.5) is 5.69 Å². The van der Waals surface area contributed by atoms with E-state index >= 15 is 0 Å². The maximum absolute atomic E-state index is 5.69. The molecule has 4 nitrogen and oxygen atoms in total. The van der Waals surface area contributed by atoms with Gasteiger partial charge in [-0.15, -0.1) is 11.3 Å². The number of pyridine rings is 1. The lowest BCUT2D eigenvalue weighted by atomic mass is 10.0. The summed E-state index contributed by atoms with van der Waals surface area (Å²) < 4.78 is 6.36. The van der Waals surface area contributed by atoms with Gasteiger partial charge >= 0.3 is 0 Å². The Labute approximate surface area is 170 Å². The van der Waals surface area contributed by atoms with Crippen molar-refractivity contribution in [3.8, 4) is 5.75 Å². The first-order chi connectivity index (χ1) is 12.7. The molecule has 0 aliphatic carbocycles. The van der Waals surface area contributed by atoms with E-state index in [1.54, 1.807) is 18.4 Å². The average molecular weight is 446 g/mol. The Kier molecular flexibility index (Phi) is 4.93. The lowest BCUT2D eigenvalue weighted by Gasteiger charge is -2.27. The number of methoxy groups -OCH3 is 1. The van der Waals surface area contributed by atoms with Crippen LogP contribution in [0.2, 0.25) is 0 Å². The van der Waals surface area contributed by atoms with Crippen molar-refractivity contribution in [2.75, 3.05) is 12.0 Å². The van der Waals surface area contributed by atoms with Crippen LogP contribution < -0.4 is 15.0 Å². The third kappa shape index (κ3) is 3.22. The van der Waals surface area contributed by atoms with Gasteiger partial charge in [0.1, 0.15) is 5.75 Å². The Hall–Kier alpha value is -1.96. The standard InChI is InChI=1S/C19H16BrN3OS2/c1-24-14-7-5-13(6-8-14)23-18(16-10-12(20)11-26-16)17(22-19(23)25)15-4-2-3-9-21-15/h2-11,17-18H,1H3,(H,22,25)/t17-,18+/m1/s1. The number of anilines is 1. The molecule has 0 spiro atoms. The predicted octanol–water partition coefficient (Wildman–Crippen LogP) is 5.09. The number of thiophene rings is 1. The third-order valence-corrected chi connectivity index (χ3v) is 6.41. The number of nitrogens with zero attached hydrogens (tertiary/aromatic N) is 2. The van der Waals surface area contributed by atoms with Crippen LogP contribution in [-0.2, 0) is 0 Å². The Morgan fingerprint density at radius 2 is 2.04 bits per heavy atom. The van der Waals surface area contributed by atoms with Gasteiger partial charge in [0.15, 0.2) is 5.11 Å². The van der Waals surface area contributed by atoms with E-state index in [1.165, 1.54) is 4.88 Å². The predicted molar refractivity (Wildman–Crippen MR) is 113 cm³/mol. The number of rotatable bonds is 4. The van der Waals surface area contributed by atoms with E-state index in [9.17, 15) is 0 Å². The second-order valence-electron chi connectivity index (χ2n) is 5.86. The first kappa shape index (κ1) is 17.5. The highest BCUT2D eigenvalue weighted by Gasteiger charge is 2.41. The number of benzene rings is 1. The van der Waals surface area contributed by atoms with Crippen LogP contribution in [0.25, 0.3) is 0 Å². The molecular formula is C19H16BrN3OS2. The van der Waals surface area contributed by atoms with Crippen molar-refractivity contribution >= 4 is 50.3 Å². The molecule has 0 bridgehead atoms. The number of ether oxygens (including phenoxy) is 1. The van der Waals surface area contributed by atoms with Gasteiger partial charge < -0.3 is 15.0 Å². The molecule has 1 aliphatic heterocycles. The molecule has 2 atom stereocenters. The van der Waals surface area contributed by atoms with E-state index in [0.717, 1.165) is 21.6 Å². The Bertz CT molecular complexity index is 914. The summed E-state index contributed by atoms with van der Waals surface area (Å²) in [6.07, 6.45) is 1.82. The minimum absolute atomic E-state index is 0.0173. The molecule has 0 unspecified atom stereocenters. The number of halogens is 1. The summed E-state index contributed by atoms with van der Waals surface area (Å²) in [7, 11) is 1.67. The summed E-state index contributed by atoms with van der Waals surface area (Å²) in [6, 6.07) is 16.1. The highest BCUT2D eigenvalue weighted by Crippen LogP contribution is 2.44. The molecule has 7 heteroatoms. The minimum atomic E-state index is -0.0173. The molecule has 3 aromatic rings. The summed E-state index contributed by atoms with van der Waals surface area (Å²) in [5.41, 5.74) is 2.00. The van der Waals surface area contributed by atoms with Crippen molar-refractivity contribution in [3.05, 3.63) is 75.2 Å². The molecule has 132 valence electrons. The Morgan fingerprint density at radius 3 is 2.65 bits per heavy atom. The number of hydrogen-bond donors (Lipinski definition) is 1.